The molecule has 0 spiro atoms. The van der Waals surface area contributed by atoms with Crippen molar-refractivity contribution in [2.24, 2.45) is 0 Å². The van der Waals surface area contributed by atoms with Crippen LogP contribution in [0.3, 0.4) is 0 Å². The Balaban J connectivity index is 1.88. The Bertz CT molecular complexity index is 679. The van der Waals surface area contributed by atoms with Gasteiger partial charge in [0.25, 0.3) is 0 Å². The van der Waals surface area contributed by atoms with Gasteiger partial charge >= 0.3 is 0 Å². The Morgan fingerprint density at radius 1 is 0.750 bits per heavy atom. The van der Waals surface area contributed by atoms with Crippen LogP contribution in [-0.2, 0) is 0 Å². The summed E-state index contributed by atoms with van der Waals surface area (Å²) in [5.41, 5.74) is 2.85. The summed E-state index contributed by atoms with van der Waals surface area (Å²) in [6, 6.07) is 24.5. The quantitative estimate of drug-likeness (QED) is 0.793. The summed E-state index contributed by atoms with van der Waals surface area (Å²) in [5.74, 6) is 0. The molecule has 0 aliphatic carbocycles. The van der Waals surface area contributed by atoms with Gasteiger partial charge in [-0.2, -0.15) is 0 Å². The molecular formula is C25H35N3. The molecule has 0 aromatic heterocycles. The van der Waals surface area contributed by atoms with Gasteiger partial charge in [-0.05, 0) is 58.2 Å². The smallest absolute Gasteiger partial charge is 0.0796 e. The zero-order chi connectivity index (χ0) is 19.7. The molecule has 4 rings (SSSR count). The highest BCUT2D eigenvalue weighted by Gasteiger charge is 2.52. The zero-order valence-corrected chi connectivity index (χ0v) is 17.8. The second-order valence-corrected chi connectivity index (χ2v) is 8.91. The van der Waals surface area contributed by atoms with Crippen LogP contribution >= 0.6 is 0 Å². The molecule has 1 N–H and O–H groups in total. The zero-order valence-electron chi connectivity index (χ0n) is 17.8. The van der Waals surface area contributed by atoms with Gasteiger partial charge in [-0.1, -0.05) is 60.7 Å². The molecule has 2 heterocycles. The number of benzene rings is 2. The fourth-order valence-corrected chi connectivity index (χ4v) is 5.45. The van der Waals surface area contributed by atoms with Crippen LogP contribution in [-0.4, -0.2) is 40.6 Å². The first-order chi connectivity index (χ1) is 13.6. The monoisotopic (exact) mass is 377 g/mol. The first-order valence-electron chi connectivity index (χ1n) is 11.0. The molecule has 0 unspecified atom stereocenters. The van der Waals surface area contributed by atoms with E-state index in [4.69, 9.17) is 0 Å². The maximum Gasteiger partial charge on any atom is 0.0796 e. The van der Waals surface area contributed by atoms with E-state index in [9.17, 15) is 0 Å². The van der Waals surface area contributed by atoms with E-state index >= 15 is 0 Å². The van der Waals surface area contributed by atoms with Crippen molar-refractivity contribution in [2.45, 2.75) is 76.9 Å². The van der Waals surface area contributed by atoms with Gasteiger partial charge in [0.1, 0.15) is 0 Å². The van der Waals surface area contributed by atoms with Crippen molar-refractivity contribution in [3.63, 3.8) is 0 Å². The third-order valence-corrected chi connectivity index (χ3v) is 6.49. The number of hydrogen-bond acceptors (Lipinski definition) is 3. The first-order valence-corrected chi connectivity index (χ1v) is 11.0. The van der Waals surface area contributed by atoms with Gasteiger partial charge < -0.3 is 5.32 Å². The Labute approximate surface area is 170 Å². The molecule has 0 bridgehead atoms. The van der Waals surface area contributed by atoms with E-state index in [0.717, 1.165) is 6.54 Å². The van der Waals surface area contributed by atoms with Gasteiger partial charge in [0, 0.05) is 18.1 Å². The minimum absolute atomic E-state index is 0.360. The normalized spacial score (nSPS) is 27.3. The molecule has 3 nitrogen and oxygen atoms in total. The summed E-state index contributed by atoms with van der Waals surface area (Å²) in [4.78, 5) is 5.58. The van der Waals surface area contributed by atoms with Crippen molar-refractivity contribution in [3.8, 4) is 0 Å². The van der Waals surface area contributed by atoms with E-state index in [1.54, 1.807) is 0 Å². The summed E-state index contributed by atoms with van der Waals surface area (Å²) < 4.78 is 0. The largest absolute Gasteiger partial charge is 0.311 e. The van der Waals surface area contributed by atoms with Crippen LogP contribution in [0.1, 0.15) is 63.7 Å². The number of nitrogens with one attached hydrogen (secondary N) is 1. The fourth-order valence-electron chi connectivity index (χ4n) is 5.45. The van der Waals surface area contributed by atoms with Crippen LogP contribution in [0.2, 0.25) is 0 Å². The number of hydrogen-bond donors (Lipinski definition) is 1. The molecule has 2 aromatic rings. The highest BCUT2D eigenvalue weighted by Crippen LogP contribution is 2.50. The summed E-state index contributed by atoms with van der Waals surface area (Å²) >= 11 is 0. The Morgan fingerprint density at radius 2 is 1.21 bits per heavy atom. The summed E-state index contributed by atoms with van der Waals surface area (Å²) in [6.07, 6.45) is 2.96. The van der Waals surface area contributed by atoms with Gasteiger partial charge in [0.05, 0.1) is 18.2 Å². The lowest BCUT2D eigenvalue weighted by Gasteiger charge is -2.40. The minimum Gasteiger partial charge on any atom is -0.311 e. The standard InChI is InChI=1S/C25H35N3/c1-18(2)27-23(20-12-7-5-8-13-20)24(21-14-9-6-10-15-21)28(19(3)4)25(27)22-16-11-17-26-22/h5-10,12-15,18-19,22-26H,11,16-17H2,1-4H3/t22-,23-,24-/m0/s1. The average molecular weight is 378 g/mol. The molecule has 3 atom stereocenters. The first kappa shape index (κ1) is 19.6. The highest BCUT2D eigenvalue weighted by atomic mass is 15.5. The maximum absolute atomic E-state index is 3.83. The van der Waals surface area contributed by atoms with E-state index in [-0.39, 0.29) is 0 Å². The topological polar surface area (TPSA) is 18.5 Å². The number of nitrogens with zero attached hydrogens (tertiary/aromatic N) is 2. The van der Waals surface area contributed by atoms with Crippen molar-refractivity contribution < 1.29 is 0 Å². The molecule has 28 heavy (non-hydrogen) atoms. The second kappa shape index (κ2) is 8.36. The Hall–Kier alpha value is -1.68. The minimum atomic E-state index is 0.360. The third-order valence-electron chi connectivity index (χ3n) is 6.49. The average Bonchev–Trinajstić information content (AvgIpc) is 3.35. The lowest BCUT2D eigenvalue weighted by atomic mass is 9.92. The predicted octanol–water partition coefficient (Wildman–Crippen LogP) is 4.98. The van der Waals surface area contributed by atoms with Crippen molar-refractivity contribution in [3.05, 3.63) is 71.8 Å². The Morgan fingerprint density at radius 3 is 1.57 bits per heavy atom. The predicted molar refractivity (Wildman–Crippen MR) is 117 cm³/mol. The lowest BCUT2D eigenvalue weighted by molar-refractivity contribution is 0.0429. The van der Waals surface area contributed by atoms with Gasteiger partial charge in [0.2, 0.25) is 0 Å². The van der Waals surface area contributed by atoms with Gasteiger partial charge in [-0.15, -0.1) is 0 Å². The SMILES string of the molecule is CC(C)N1C([C@@H]2CCCN2)N(C(C)C)[C@@H](c2ccccc2)[C@@H]1c1ccccc1. The van der Waals surface area contributed by atoms with Crippen molar-refractivity contribution in [1.29, 1.82) is 0 Å². The molecule has 2 aliphatic rings. The van der Waals surface area contributed by atoms with Crippen LogP contribution in [0.25, 0.3) is 0 Å². The van der Waals surface area contributed by atoms with Crippen LogP contribution < -0.4 is 5.32 Å². The summed E-state index contributed by atoms with van der Waals surface area (Å²) in [7, 11) is 0. The molecule has 0 saturated carbocycles. The molecule has 2 aromatic carbocycles. The van der Waals surface area contributed by atoms with Gasteiger partial charge in [0.15, 0.2) is 0 Å². The van der Waals surface area contributed by atoms with E-state index in [1.165, 1.54) is 24.0 Å². The van der Waals surface area contributed by atoms with Crippen molar-refractivity contribution in [2.75, 3.05) is 6.54 Å². The summed E-state index contributed by atoms with van der Waals surface area (Å²) in [5, 5.41) is 3.83. The van der Waals surface area contributed by atoms with E-state index in [1.807, 2.05) is 0 Å². The molecule has 0 radical (unpaired) electrons. The Kier molecular flexibility index (Phi) is 5.86. The molecule has 2 saturated heterocycles. The van der Waals surface area contributed by atoms with Crippen LogP contribution in [0.15, 0.2) is 60.7 Å². The fraction of sp³-hybridized carbons (Fsp3) is 0.520. The molecule has 3 heteroatoms. The third kappa shape index (κ3) is 3.52. The molecule has 2 fully saturated rings. The molecule has 150 valence electrons. The molecule has 0 amide bonds. The van der Waals surface area contributed by atoms with Crippen LogP contribution in [0.5, 0.6) is 0 Å². The van der Waals surface area contributed by atoms with Crippen LogP contribution in [0, 0.1) is 0 Å². The molecular weight excluding hydrogens is 342 g/mol. The van der Waals surface area contributed by atoms with E-state index in [0.29, 0.717) is 36.4 Å². The van der Waals surface area contributed by atoms with Crippen LogP contribution in [0.4, 0.5) is 0 Å². The summed E-state index contributed by atoms with van der Waals surface area (Å²) in [6.45, 7) is 10.6. The lowest BCUT2D eigenvalue weighted by Crippen LogP contribution is -2.55. The van der Waals surface area contributed by atoms with Crippen molar-refractivity contribution >= 4 is 0 Å². The van der Waals surface area contributed by atoms with E-state index < -0.39 is 0 Å². The van der Waals surface area contributed by atoms with E-state index in [2.05, 4.69) is 103 Å². The number of rotatable bonds is 5. The van der Waals surface area contributed by atoms with Gasteiger partial charge in [-0.25, -0.2) is 0 Å². The van der Waals surface area contributed by atoms with Crippen molar-refractivity contribution in [1.82, 2.24) is 15.1 Å². The second-order valence-electron chi connectivity index (χ2n) is 8.91. The molecule has 2 aliphatic heterocycles. The maximum atomic E-state index is 3.83. The van der Waals surface area contributed by atoms with Gasteiger partial charge in [-0.3, -0.25) is 9.80 Å². The highest BCUT2D eigenvalue weighted by molar-refractivity contribution is 5.31.